The second-order valence-electron chi connectivity index (χ2n) is 7.38. The van der Waals surface area contributed by atoms with Crippen molar-refractivity contribution < 1.29 is 38.7 Å². The molecule has 0 amide bonds. The number of hydrogen-bond donors (Lipinski definition) is 2. The van der Waals surface area contributed by atoms with Gasteiger partial charge in [-0.3, -0.25) is 9.59 Å². The highest BCUT2D eigenvalue weighted by atomic mass is 33.1. The zero-order valence-electron chi connectivity index (χ0n) is 19.4. The smallest absolute Gasteiger partial charge is 0.306 e. The van der Waals surface area contributed by atoms with Gasteiger partial charge in [0.05, 0.1) is 26.1 Å². The molecule has 0 bridgehead atoms. The number of hydrogen-bond acceptors (Lipinski definition) is 10. The average molecular weight is 513 g/mol. The lowest BCUT2D eigenvalue weighted by Gasteiger charge is -2.15. The maximum atomic E-state index is 11.8. The molecule has 0 radical (unpaired) electrons. The molecule has 0 aliphatic carbocycles. The first-order valence-corrected chi connectivity index (χ1v) is 13.5. The highest BCUT2D eigenvalue weighted by Crippen LogP contribution is 2.29. The molecule has 188 valence electrons. The number of aliphatic hydroxyl groups is 2. The van der Waals surface area contributed by atoms with Gasteiger partial charge in [0.15, 0.2) is 0 Å². The molecule has 0 spiro atoms. The van der Waals surface area contributed by atoms with Crippen molar-refractivity contribution in [3.8, 4) is 11.5 Å². The fourth-order valence-electron chi connectivity index (χ4n) is 2.72. The minimum absolute atomic E-state index is 0.0181. The largest absolute Gasteiger partial charge is 0.491 e. The van der Waals surface area contributed by atoms with Crippen molar-refractivity contribution >= 4 is 44.3 Å². The highest BCUT2D eigenvalue weighted by Gasteiger charge is 2.11. The van der Waals surface area contributed by atoms with Gasteiger partial charge < -0.3 is 29.2 Å². The number of esters is 2. The molecule has 0 aliphatic heterocycles. The van der Waals surface area contributed by atoms with Gasteiger partial charge in [-0.05, 0) is 36.1 Å². The minimum atomic E-state index is -0.952. The summed E-state index contributed by atoms with van der Waals surface area (Å²) in [5.41, 5.74) is 0. The zero-order chi connectivity index (χ0) is 24.8. The standard InChI is InChI=1S/C24H32O8S2/c1-3-18(25)14-31-22-6-4-5-17-13-20(7-8-21(17)22)30-15-19(26)16-32-24(28)10-12-34-33-11-9-23(27)29-2/h4-8,13,18-19,25-26H,3,9-12,14-16H2,1-2H3. The normalized spacial score (nSPS) is 12.7. The van der Waals surface area contributed by atoms with Crippen LogP contribution in [0.5, 0.6) is 11.5 Å². The Bertz CT molecular complexity index is 908. The molecule has 0 aromatic heterocycles. The summed E-state index contributed by atoms with van der Waals surface area (Å²) >= 11 is 0. The Hall–Kier alpha value is -2.14. The number of ether oxygens (including phenoxy) is 4. The maximum Gasteiger partial charge on any atom is 0.306 e. The summed E-state index contributed by atoms with van der Waals surface area (Å²) in [6.07, 6.45) is -0.291. The van der Waals surface area contributed by atoms with Crippen LogP contribution in [-0.4, -0.2) is 72.8 Å². The van der Waals surface area contributed by atoms with Crippen molar-refractivity contribution in [1.82, 2.24) is 0 Å². The van der Waals surface area contributed by atoms with E-state index in [1.54, 1.807) is 6.07 Å². The van der Waals surface area contributed by atoms with Gasteiger partial charge in [-0.1, -0.05) is 40.6 Å². The topological polar surface area (TPSA) is 112 Å². The molecular weight excluding hydrogens is 480 g/mol. The molecule has 2 aromatic carbocycles. The van der Waals surface area contributed by atoms with Gasteiger partial charge >= 0.3 is 11.9 Å². The first-order chi connectivity index (χ1) is 16.4. The Balaban J connectivity index is 1.69. The van der Waals surface area contributed by atoms with Gasteiger partial charge in [-0.15, -0.1) is 0 Å². The van der Waals surface area contributed by atoms with E-state index in [2.05, 4.69) is 4.74 Å². The van der Waals surface area contributed by atoms with Crippen molar-refractivity contribution in [2.45, 2.75) is 38.4 Å². The highest BCUT2D eigenvalue weighted by molar-refractivity contribution is 8.76. The maximum absolute atomic E-state index is 11.8. The number of carbonyl (C=O) groups is 2. The molecular formula is C24H32O8S2. The number of methoxy groups -OCH3 is 1. The number of rotatable bonds is 16. The van der Waals surface area contributed by atoms with Gasteiger partial charge in [0.2, 0.25) is 0 Å². The molecule has 2 N–H and O–H groups in total. The Kier molecular flexibility index (Phi) is 13.0. The second kappa shape index (κ2) is 15.7. The van der Waals surface area contributed by atoms with E-state index >= 15 is 0 Å². The first kappa shape index (κ1) is 28.1. The van der Waals surface area contributed by atoms with Crippen molar-refractivity contribution in [1.29, 1.82) is 0 Å². The third kappa shape index (κ3) is 10.4. The fraction of sp³-hybridized carbons (Fsp3) is 0.500. The van der Waals surface area contributed by atoms with E-state index in [0.29, 0.717) is 35.8 Å². The molecule has 0 saturated carbocycles. The van der Waals surface area contributed by atoms with Gasteiger partial charge in [0.25, 0.3) is 0 Å². The van der Waals surface area contributed by atoms with E-state index in [-0.39, 0.29) is 32.2 Å². The van der Waals surface area contributed by atoms with Crippen LogP contribution < -0.4 is 9.47 Å². The second-order valence-corrected chi connectivity index (χ2v) is 10.1. The molecule has 0 aliphatic rings. The van der Waals surface area contributed by atoms with Crippen LogP contribution in [-0.2, 0) is 19.1 Å². The van der Waals surface area contributed by atoms with E-state index in [4.69, 9.17) is 14.2 Å². The summed E-state index contributed by atoms with van der Waals surface area (Å²) in [5, 5.41) is 21.6. The number of benzene rings is 2. The van der Waals surface area contributed by atoms with Gasteiger partial charge in [0, 0.05) is 16.9 Å². The summed E-state index contributed by atoms with van der Waals surface area (Å²) in [6.45, 7) is 1.96. The van der Waals surface area contributed by atoms with Crippen LogP contribution in [0.1, 0.15) is 26.2 Å². The predicted octanol–water partition coefficient (Wildman–Crippen LogP) is 3.61. The summed E-state index contributed by atoms with van der Waals surface area (Å²) in [4.78, 5) is 22.8. The Labute approximate surface area is 207 Å². The Morgan fingerprint density at radius 3 is 2.32 bits per heavy atom. The van der Waals surface area contributed by atoms with Gasteiger partial charge in [0.1, 0.15) is 37.4 Å². The van der Waals surface area contributed by atoms with Crippen molar-refractivity contribution in [2.75, 3.05) is 38.4 Å². The van der Waals surface area contributed by atoms with E-state index in [1.807, 2.05) is 37.3 Å². The fourth-order valence-corrected chi connectivity index (χ4v) is 4.67. The lowest BCUT2D eigenvalue weighted by molar-refractivity contribution is -0.146. The molecule has 2 aromatic rings. The summed E-state index contributed by atoms with van der Waals surface area (Å²) in [5.74, 6) is 1.78. The predicted molar refractivity (Wildman–Crippen MR) is 134 cm³/mol. The minimum Gasteiger partial charge on any atom is -0.491 e. The third-order valence-electron chi connectivity index (χ3n) is 4.68. The van der Waals surface area contributed by atoms with E-state index in [1.165, 1.54) is 28.7 Å². The Morgan fingerprint density at radius 2 is 1.62 bits per heavy atom. The summed E-state index contributed by atoms with van der Waals surface area (Å²) in [6, 6.07) is 11.1. The van der Waals surface area contributed by atoms with E-state index in [0.717, 1.165) is 10.8 Å². The zero-order valence-corrected chi connectivity index (χ0v) is 21.1. The number of aliphatic hydroxyl groups excluding tert-OH is 2. The number of carbonyl (C=O) groups excluding carboxylic acids is 2. The SMILES string of the molecule is CCC(O)COc1cccc2cc(OCC(O)COC(=O)CCSSCCC(=O)OC)ccc12. The Morgan fingerprint density at radius 1 is 0.912 bits per heavy atom. The molecule has 0 fully saturated rings. The van der Waals surface area contributed by atoms with Crippen LogP contribution in [0.2, 0.25) is 0 Å². The van der Waals surface area contributed by atoms with E-state index < -0.39 is 18.2 Å². The summed E-state index contributed by atoms with van der Waals surface area (Å²) < 4.78 is 21.0. The number of fused-ring (bicyclic) bond motifs is 1. The first-order valence-electron chi connectivity index (χ1n) is 11.0. The van der Waals surface area contributed by atoms with Crippen LogP contribution in [0.15, 0.2) is 36.4 Å². The monoisotopic (exact) mass is 512 g/mol. The van der Waals surface area contributed by atoms with Crippen molar-refractivity contribution in [3.63, 3.8) is 0 Å². The van der Waals surface area contributed by atoms with Crippen LogP contribution in [0, 0.1) is 0 Å². The molecule has 0 saturated heterocycles. The van der Waals surface area contributed by atoms with Gasteiger partial charge in [-0.2, -0.15) is 0 Å². The molecule has 2 rings (SSSR count). The molecule has 34 heavy (non-hydrogen) atoms. The average Bonchev–Trinajstić information content (AvgIpc) is 2.86. The van der Waals surface area contributed by atoms with E-state index in [9.17, 15) is 19.8 Å². The van der Waals surface area contributed by atoms with Crippen LogP contribution in [0.4, 0.5) is 0 Å². The lowest BCUT2D eigenvalue weighted by atomic mass is 10.1. The molecule has 10 heteroatoms. The molecule has 2 atom stereocenters. The molecule has 0 heterocycles. The van der Waals surface area contributed by atoms with Crippen LogP contribution in [0.25, 0.3) is 10.8 Å². The third-order valence-corrected chi connectivity index (χ3v) is 7.09. The van der Waals surface area contributed by atoms with Crippen molar-refractivity contribution in [3.05, 3.63) is 36.4 Å². The summed E-state index contributed by atoms with van der Waals surface area (Å²) in [7, 11) is 4.33. The quantitative estimate of drug-likeness (QED) is 0.197. The lowest BCUT2D eigenvalue weighted by Crippen LogP contribution is -2.25. The van der Waals surface area contributed by atoms with Gasteiger partial charge in [-0.25, -0.2) is 0 Å². The molecule has 2 unspecified atom stereocenters. The molecule has 8 nitrogen and oxygen atoms in total. The van der Waals surface area contributed by atoms with Crippen LogP contribution in [0.3, 0.4) is 0 Å². The van der Waals surface area contributed by atoms with Crippen molar-refractivity contribution in [2.24, 2.45) is 0 Å². The van der Waals surface area contributed by atoms with Crippen LogP contribution >= 0.6 is 21.6 Å².